The maximum atomic E-state index is 11.1. The van der Waals surface area contributed by atoms with Crippen LogP contribution in [0, 0.1) is 0 Å². The maximum absolute atomic E-state index is 11.1. The Kier molecular flexibility index (Phi) is 7.79. The van der Waals surface area contributed by atoms with Crippen LogP contribution in [0.5, 0.6) is 5.75 Å². The molecule has 0 bridgehead atoms. The molecule has 0 fully saturated rings. The highest BCUT2D eigenvalue weighted by Gasteiger charge is 2.30. The van der Waals surface area contributed by atoms with E-state index in [0.29, 0.717) is 17.6 Å². The number of aliphatic hydroxyl groups is 4. The molecule has 0 aliphatic heterocycles. The van der Waals surface area contributed by atoms with Crippen LogP contribution in [0.1, 0.15) is 12.5 Å². The molecule has 128 valence electrons. The second-order valence-corrected chi connectivity index (χ2v) is 4.98. The van der Waals surface area contributed by atoms with Crippen LogP contribution in [0.2, 0.25) is 0 Å². The molecule has 0 saturated heterocycles. The fourth-order valence-electron chi connectivity index (χ4n) is 1.93. The molecule has 23 heavy (non-hydrogen) atoms. The van der Waals surface area contributed by atoms with E-state index in [4.69, 9.17) is 9.84 Å². The van der Waals surface area contributed by atoms with Crippen molar-refractivity contribution in [1.82, 2.24) is 5.32 Å². The van der Waals surface area contributed by atoms with Gasteiger partial charge >= 0.3 is 5.97 Å². The van der Waals surface area contributed by atoms with E-state index in [-0.39, 0.29) is 6.54 Å². The summed E-state index contributed by atoms with van der Waals surface area (Å²) >= 11 is 0. The second kappa shape index (κ2) is 9.33. The molecule has 0 unspecified atom stereocenters. The minimum atomic E-state index is -1.69. The number of ether oxygens (including phenoxy) is 1. The van der Waals surface area contributed by atoms with Gasteiger partial charge in [-0.15, -0.1) is 0 Å². The minimum Gasteiger partial charge on any atom is -0.426 e. The van der Waals surface area contributed by atoms with Crippen LogP contribution in [-0.2, 0) is 16.1 Å². The van der Waals surface area contributed by atoms with E-state index in [2.05, 4.69) is 5.32 Å². The number of esters is 1. The second-order valence-electron chi connectivity index (χ2n) is 4.98. The number of benzene rings is 1. The number of aliphatic hydroxyl groups excluding tert-OH is 4. The molecular formula is C15H21NO7. The summed E-state index contributed by atoms with van der Waals surface area (Å²) in [5.74, 6) is -0.187. The summed E-state index contributed by atoms with van der Waals surface area (Å²) < 4.78 is 5.02. The van der Waals surface area contributed by atoms with Crippen LogP contribution in [-0.4, -0.2) is 63.6 Å². The van der Waals surface area contributed by atoms with E-state index >= 15 is 0 Å². The van der Waals surface area contributed by atoms with Gasteiger partial charge in [-0.05, 0) is 6.07 Å². The number of para-hydroxylation sites is 1. The first kappa shape index (κ1) is 19.2. The summed E-state index contributed by atoms with van der Waals surface area (Å²) in [7, 11) is 0. The number of carbonyl (C=O) groups is 2. The molecule has 0 heterocycles. The van der Waals surface area contributed by atoms with Gasteiger partial charge in [0.1, 0.15) is 30.3 Å². The van der Waals surface area contributed by atoms with Crippen molar-refractivity contribution in [3.8, 4) is 5.75 Å². The zero-order chi connectivity index (χ0) is 17.4. The monoisotopic (exact) mass is 327 g/mol. The first-order valence-corrected chi connectivity index (χ1v) is 7.00. The van der Waals surface area contributed by atoms with Crippen molar-refractivity contribution in [3.63, 3.8) is 0 Å². The van der Waals surface area contributed by atoms with E-state index in [1.54, 1.807) is 24.3 Å². The fraction of sp³-hybridized carbons (Fsp3) is 0.467. The van der Waals surface area contributed by atoms with Crippen molar-refractivity contribution in [2.45, 2.75) is 37.8 Å². The molecule has 1 aromatic rings. The molecule has 0 aliphatic rings. The maximum Gasteiger partial charge on any atom is 0.308 e. The van der Waals surface area contributed by atoms with E-state index in [9.17, 15) is 24.9 Å². The highest BCUT2D eigenvalue weighted by atomic mass is 16.5. The summed E-state index contributed by atoms with van der Waals surface area (Å²) in [5, 5.41) is 40.3. The van der Waals surface area contributed by atoms with Gasteiger partial charge < -0.3 is 35.3 Å². The van der Waals surface area contributed by atoms with Gasteiger partial charge in [0, 0.05) is 19.0 Å². The number of hydrogen-bond donors (Lipinski definition) is 5. The van der Waals surface area contributed by atoms with Crippen LogP contribution in [0.4, 0.5) is 0 Å². The quantitative estimate of drug-likeness (QED) is 0.207. The van der Waals surface area contributed by atoms with Gasteiger partial charge in [0.15, 0.2) is 0 Å². The third-order valence-electron chi connectivity index (χ3n) is 3.20. The van der Waals surface area contributed by atoms with E-state index < -0.39 is 36.9 Å². The molecule has 0 aliphatic carbocycles. The molecule has 0 spiro atoms. The van der Waals surface area contributed by atoms with Gasteiger partial charge in [0.05, 0.1) is 12.6 Å². The number of aldehydes is 1. The van der Waals surface area contributed by atoms with Crippen molar-refractivity contribution in [1.29, 1.82) is 0 Å². The largest absolute Gasteiger partial charge is 0.426 e. The Morgan fingerprint density at radius 3 is 2.48 bits per heavy atom. The molecule has 0 amide bonds. The summed E-state index contributed by atoms with van der Waals surface area (Å²) in [6, 6.07) is 5.44. The number of rotatable bonds is 9. The van der Waals surface area contributed by atoms with Gasteiger partial charge in [-0.2, -0.15) is 0 Å². The van der Waals surface area contributed by atoms with Crippen molar-refractivity contribution in [2.75, 3.05) is 6.61 Å². The van der Waals surface area contributed by atoms with E-state index in [0.717, 1.165) is 0 Å². The van der Waals surface area contributed by atoms with Crippen LogP contribution < -0.4 is 10.1 Å². The molecule has 0 radical (unpaired) electrons. The van der Waals surface area contributed by atoms with Crippen LogP contribution in [0.3, 0.4) is 0 Å². The molecule has 1 rings (SSSR count). The van der Waals surface area contributed by atoms with Crippen LogP contribution >= 0.6 is 0 Å². The average molecular weight is 327 g/mol. The van der Waals surface area contributed by atoms with Crippen LogP contribution in [0.15, 0.2) is 24.3 Å². The minimum absolute atomic E-state index is 0.0753. The lowest BCUT2D eigenvalue weighted by atomic mass is 10.0. The highest BCUT2D eigenvalue weighted by Crippen LogP contribution is 2.18. The molecule has 8 nitrogen and oxygen atoms in total. The Hall–Kier alpha value is -1.84. The van der Waals surface area contributed by atoms with Crippen LogP contribution in [0.25, 0.3) is 0 Å². The first-order valence-electron chi connectivity index (χ1n) is 7.00. The fourth-order valence-corrected chi connectivity index (χ4v) is 1.93. The Morgan fingerprint density at radius 2 is 1.91 bits per heavy atom. The highest BCUT2D eigenvalue weighted by molar-refractivity contribution is 5.69. The summed E-state index contributed by atoms with van der Waals surface area (Å²) in [6.45, 7) is 0.583. The molecule has 4 atom stereocenters. The van der Waals surface area contributed by atoms with Crippen molar-refractivity contribution >= 4 is 12.3 Å². The molecule has 8 heteroatoms. The Bertz CT molecular complexity index is 522. The summed E-state index contributed by atoms with van der Waals surface area (Å²) in [5.41, 5.74) is 0.568. The standard InChI is InChI=1S/C15H21NO7/c1-9(19)23-13-5-3-2-4-10(13)6-16-11(7-17)14(21)15(22)12(20)8-18/h2-5,7,11-12,14-16,18,20-22H,6,8H2,1H3/t11-,12-,14-,15-/m1/s1. The SMILES string of the molecule is CC(=O)Oc1ccccc1CN[C@H](C=O)[C@@H](O)[C@H](O)[C@H](O)CO. The Labute approximate surface area is 133 Å². The smallest absolute Gasteiger partial charge is 0.308 e. The van der Waals surface area contributed by atoms with Gasteiger partial charge in [-0.1, -0.05) is 18.2 Å². The predicted molar refractivity (Wildman–Crippen MR) is 79.5 cm³/mol. The van der Waals surface area contributed by atoms with Gasteiger partial charge in [0.25, 0.3) is 0 Å². The van der Waals surface area contributed by atoms with Crippen molar-refractivity contribution < 1.29 is 34.8 Å². The van der Waals surface area contributed by atoms with Crippen molar-refractivity contribution in [2.24, 2.45) is 0 Å². The van der Waals surface area contributed by atoms with E-state index in [1.807, 2.05) is 0 Å². The Balaban J connectivity index is 2.75. The average Bonchev–Trinajstić information content (AvgIpc) is 2.54. The number of nitrogens with one attached hydrogen (secondary N) is 1. The third-order valence-corrected chi connectivity index (χ3v) is 3.20. The lowest BCUT2D eigenvalue weighted by Gasteiger charge is -2.26. The normalized spacial score (nSPS) is 16.2. The van der Waals surface area contributed by atoms with Crippen molar-refractivity contribution in [3.05, 3.63) is 29.8 Å². The molecular weight excluding hydrogens is 306 g/mol. The lowest BCUT2D eigenvalue weighted by Crippen LogP contribution is -2.51. The van der Waals surface area contributed by atoms with E-state index in [1.165, 1.54) is 6.92 Å². The molecule has 1 aromatic carbocycles. The zero-order valence-corrected chi connectivity index (χ0v) is 12.6. The summed E-state index contributed by atoms with van der Waals surface area (Å²) in [4.78, 5) is 22.1. The van der Waals surface area contributed by atoms with Gasteiger partial charge in [-0.3, -0.25) is 4.79 Å². The number of carbonyl (C=O) groups excluding carboxylic acids is 2. The number of hydrogen-bond acceptors (Lipinski definition) is 8. The molecule has 5 N–H and O–H groups in total. The van der Waals surface area contributed by atoms with Gasteiger partial charge in [-0.25, -0.2) is 0 Å². The third kappa shape index (κ3) is 5.70. The molecule has 0 aromatic heterocycles. The zero-order valence-electron chi connectivity index (χ0n) is 12.6. The first-order chi connectivity index (χ1) is 10.9. The Morgan fingerprint density at radius 1 is 1.26 bits per heavy atom. The van der Waals surface area contributed by atoms with Gasteiger partial charge in [0.2, 0.25) is 0 Å². The predicted octanol–water partition coefficient (Wildman–Crippen LogP) is -1.66. The summed E-state index contributed by atoms with van der Waals surface area (Å²) in [6.07, 6.45) is -4.49. The lowest BCUT2D eigenvalue weighted by molar-refractivity contribution is -0.132. The topological polar surface area (TPSA) is 136 Å². The molecule has 0 saturated carbocycles.